The molecule has 0 bridgehead atoms. The lowest BCUT2D eigenvalue weighted by molar-refractivity contribution is -0.145. The molecule has 6 nitrogen and oxygen atoms in total. The molecule has 0 saturated carbocycles. The Morgan fingerprint density at radius 3 is 2.13 bits per heavy atom. The van der Waals surface area contributed by atoms with Crippen LogP contribution >= 0.6 is 0 Å². The van der Waals surface area contributed by atoms with Crippen molar-refractivity contribution in [3.63, 3.8) is 0 Å². The lowest BCUT2D eigenvalue weighted by atomic mass is 9.90. The molecule has 0 aromatic heterocycles. The third-order valence-corrected chi connectivity index (χ3v) is 9.67. The molecule has 208 valence electrons. The zero-order valence-corrected chi connectivity index (χ0v) is 23.5. The first-order chi connectivity index (χ1) is 19.0. The van der Waals surface area contributed by atoms with E-state index in [1.807, 2.05) is 54.6 Å². The Morgan fingerprint density at radius 1 is 0.872 bits per heavy atom. The molecule has 3 atom stereocenters. The van der Waals surface area contributed by atoms with E-state index < -0.39 is 15.1 Å². The van der Waals surface area contributed by atoms with Crippen molar-refractivity contribution in [1.29, 1.82) is 0 Å². The van der Waals surface area contributed by atoms with Crippen molar-refractivity contribution in [3.8, 4) is 0 Å². The van der Waals surface area contributed by atoms with E-state index in [9.17, 15) is 13.2 Å². The number of likely N-dealkylation sites (tertiary alicyclic amines) is 1. The molecule has 3 aromatic rings. The maximum Gasteiger partial charge on any atom is 0.307 e. The van der Waals surface area contributed by atoms with Crippen LogP contribution < -0.4 is 0 Å². The van der Waals surface area contributed by atoms with E-state index in [1.165, 1.54) is 0 Å². The van der Waals surface area contributed by atoms with Crippen LogP contribution in [0, 0.1) is 0 Å². The highest BCUT2D eigenvalue weighted by molar-refractivity contribution is 7.92. The van der Waals surface area contributed by atoms with Crippen molar-refractivity contribution in [2.24, 2.45) is 0 Å². The van der Waals surface area contributed by atoms with Gasteiger partial charge in [0.1, 0.15) is 0 Å². The van der Waals surface area contributed by atoms with E-state index >= 15 is 0 Å². The zero-order valence-electron chi connectivity index (χ0n) is 22.7. The quantitative estimate of drug-likeness (QED) is 0.198. The van der Waals surface area contributed by atoms with E-state index in [0.717, 1.165) is 17.5 Å². The van der Waals surface area contributed by atoms with Crippen LogP contribution in [0.15, 0.2) is 95.9 Å². The van der Waals surface area contributed by atoms with Gasteiger partial charge < -0.3 is 9.47 Å². The Labute approximate surface area is 232 Å². The number of esters is 1. The molecule has 1 fully saturated rings. The van der Waals surface area contributed by atoms with Crippen LogP contribution in [0.1, 0.15) is 50.2 Å². The molecular formula is C32H39NO5S. The van der Waals surface area contributed by atoms with Crippen LogP contribution in [0.4, 0.5) is 0 Å². The van der Waals surface area contributed by atoms with Gasteiger partial charge in [0.2, 0.25) is 0 Å². The van der Waals surface area contributed by atoms with Crippen LogP contribution in [0.5, 0.6) is 0 Å². The largest absolute Gasteiger partial charge is 0.466 e. The zero-order chi connectivity index (χ0) is 27.5. The van der Waals surface area contributed by atoms with Crippen molar-refractivity contribution >= 4 is 15.8 Å². The number of ether oxygens (including phenoxy) is 2. The van der Waals surface area contributed by atoms with Gasteiger partial charge in [-0.2, -0.15) is 0 Å². The Hall–Kier alpha value is -3.00. The Kier molecular flexibility index (Phi) is 10.7. The first-order valence-corrected chi connectivity index (χ1v) is 15.4. The minimum Gasteiger partial charge on any atom is -0.466 e. The maximum absolute atomic E-state index is 14.0. The molecule has 4 rings (SSSR count). The van der Waals surface area contributed by atoms with Crippen molar-refractivity contribution < 1.29 is 22.7 Å². The number of carbonyl (C=O) groups is 1. The second-order valence-corrected chi connectivity index (χ2v) is 12.2. The molecule has 1 unspecified atom stereocenters. The Bertz CT molecular complexity index is 1250. The highest BCUT2D eigenvalue weighted by Crippen LogP contribution is 2.36. The maximum atomic E-state index is 14.0. The molecule has 0 radical (unpaired) electrons. The summed E-state index contributed by atoms with van der Waals surface area (Å²) in [5.41, 5.74) is 2.20. The number of piperidine rings is 1. The smallest absolute Gasteiger partial charge is 0.307 e. The second-order valence-electron chi connectivity index (χ2n) is 10.0. The van der Waals surface area contributed by atoms with Crippen molar-refractivity contribution in [2.75, 3.05) is 13.2 Å². The van der Waals surface area contributed by atoms with E-state index in [-0.39, 0.29) is 24.5 Å². The van der Waals surface area contributed by atoms with Crippen LogP contribution in [0.3, 0.4) is 0 Å². The molecule has 1 saturated heterocycles. The van der Waals surface area contributed by atoms with Gasteiger partial charge in [-0.25, -0.2) is 8.42 Å². The molecule has 3 aromatic carbocycles. The summed E-state index contributed by atoms with van der Waals surface area (Å²) >= 11 is 0. The first-order valence-electron chi connectivity index (χ1n) is 13.8. The minimum absolute atomic E-state index is 0.0956. The van der Waals surface area contributed by atoms with Gasteiger partial charge in [0.25, 0.3) is 0 Å². The SMILES string of the molecule is CCOC(=O)C[C@@H]1CC[C@@H](S(=O)(=O)c2ccccc2)C(CCCOCc2ccccc2)N1Cc1ccccc1. The van der Waals surface area contributed by atoms with Gasteiger partial charge in [-0.05, 0) is 55.9 Å². The lowest BCUT2D eigenvalue weighted by Gasteiger charge is -2.46. The van der Waals surface area contributed by atoms with Gasteiger partial charge in [0.15, 0.2) is 9.84 Å². The van der Waals surface area contributed by atoms with E-state index in [1.54, 1.807) is 31.2 Å². The summed E-state index contributed by atoms with van der Waals surface area (Å²) in [6.07, 6.45) is 2.73. The number of rotatable bonds is 13. The van der Waals surface area contributed by atoms with Gasteiger partial charge in [0, 0.05) is 25.2 Å². The van der Waals surface area contributed by atoms with Gasteiger partial charge in [-0.1, -0.05) is 78.9 Å². The third-order valence-electron chi connectivity index (χ3n) is 7.39. The highest BCUT2D eigenvalue weighted by Gasteiger charge is 2.44. The van der Waals surface area contributed by atoms with Gasteiger partial charge in [-0.15, -0.1) is 0 Å². The molecule has 1 heterocycles. The van der Waals surface area contributed by atoms with Crippen molar-refractivity contribution in [2.45, 2.75) is 74.4 Å². The predicted molar refractivity (Wildman–Crippen MR) is 153 cm³/mol. The van der Waals surface area contributed by atoms with E-state index in [0.29, 0.717) is 50.5 Å². The summed E-state index contributed by atoms with van der Waals surface area (Å²) in [5.74, 6) is -0.241. The summed E-state index contributed by atoms with van der Waals surface area (Å²) in [5, 5.41) is -0.573. The summed E-state index contributed by atoms with van der Waals surface area (Å²) in [6, 6.07) is 28.5. The highest BCUT2D eigenvalue weighted by atomic mass is 32.2. The fraction of sp³-hybridized carbons (Fsp3) is 0.406. The predicted octanol–water partition coefficient (Wildman–Crippen LogP) is 5.81. The monoisotopic (exact) mass is 549 g/mol. The minimum atomic E-state index is -3.58. The fourth-order valence-electron chi connectivity index (χ4n) is 5.53. The molecular weight excluding hydrogens is 510 g/mol. The molecule has 0 spiro atoms. The number of hydrogen-bond acceptors (Lipinski definition) is 6. The van der Waals surface area contributed by atoms with Crippen LogP contribution in [0.25, 0.3) is 0 Å². The number of nitrogens with zero attached hydrogens (tertiary/aromatic N) is 1. The van der Waals surface area contributed by atoms with E-state index in [2.05, 4.69) is 17.0 Å². The van der Waals surface area contributed by atoms with Crippen LogP contribution in [-0.4, -0.2) is 49.8 Å². The van der Waals surface area contributed by atoms with Crippen LogP contribution in [0.2, 0.25) is 0 Å². The normalized spacial score (nSPS) is 20.0. The number of sulfone groups is 1. The number of carbonyl (C=O) groups excluding carboxylic acids is 1. The lowest BCUT2D eigenvalue weighted by Crippen LogP contribution is -2.55. The molecule has 0 amide bonds. The topological polar surface area (TPSA) is 72.9 Å². The molecule has 7 heteroatoms. The average Bonchev–Trinajstić information content (AvgIpc) is 2.96. The molecule has 1 aliphatic rings. The molecule has 39 heavy (non-hydrogen) atoms. The van der Waals surface area contributed by atoms with Crippen LogP contribution in [-0.2, 0) is 37.3 Å². The average molecular weight is 550 g/mol. The molecule has 0 aliphatic carbocycles. The fourth-order valence-corrected chi connectivity index (χ4v) is 7.57. The summed E-state index contributed by atoms with van der Waals surface area (Å²) in [4.78, 5) is 15.2. The van der Waals surface area contributed by atoms with Crippen molar-refractivity contribution in [3.05, 3.63) is 102 Å². The summed E-state index contributed by atoms with van der Waals surface area (Å²) in [7, 11) is -3.58. The van der Waals surface area contributed by atoms with E-state index in [4.69, 9.17) is 9.47 Å². The van der Waals surface area contributed by atoms with Gasteiger partial charge in [0.05, 0.1) is 29.8 Å². The van der Waals surface area contributed by atoms with Gasteiger partial charge >= 0.3 is 5.97 Å². The summed E-state index contributed by atoms with van der Waals surface area (Å²) < 4.78 is 39.1. The van der Waals surface area contributed by atoms with Crippen molar-refractivity contribution in [1.82, 2.24) is 4.90 Å². The molecule has 1 aliphatic heterocycles. The number of hydrogen-bond donors (Lipinski definition) is 0. The first kappa shape index (κ1) is 29.0. The standard InChI is InChI=1S/C32H39NO5S/c1-2-38-32(34)23-28-20-21-31(39(35,36)29-17-10-5-11-18-29)30(33(28)24-26-13-6-3-7-14-26)19-12-22-37-25-27-15-8-4-9-16-27/h3-11,13-18,28,30-31H,2,12,19-25H2,1H3/t28-,30?,31+/m0/s1. The van der Waals surface area contributed by atoms with Gasteiger partial charge in [-0.3, -0.25) is 9.69 Å². The third kappa shape index (κ3) is 8.01. The molecule has 0 N–H and O–H groups in total. The Balaban J connectivity index is 1.58. The summed E-state index contributed by atoms with van der Waals surface area (Å²) in [6.45, 7) is 3.77. The Morgan fingerprint density at radius 2 is 1.49 bits per heavy atom. The second kappa shape index (κ2) is 14.4. The number of benzene rings is 3.